The van der Waals surface area contributed by atoms with Crippen molar-refractivity contribution in [1.82, 2.24) is 10.4 Å². The third-order valence-electron chi connectivity index (χ3n) is 4.95. The van der Waals surface area contributed by atoms with Crippen LogP contribution < -0.4 is 19.6 Å². The molecule has 0 saturated carbocycles. The molecule has 0 unspecified atom stereocenters. The lowest BCUT2D eigenvalue weighted by Crippen LogP contribution is -2.17. The highest BCUT2D eigenvalue weighted by Gasteiger charge is 2.07. The Morgan fingerprint density at radius 2 is 1.73 bits per heavy atom. The van der Waals surface area contributed by atoms with E-state index in [1.807, 2.05) is 37.3 Å². The Morgan fingerprint density at radius 3 is 2.48 bits per heavy atom. The number of amides is 1. The second-order valence-electron chi connectivity index (χ2n) is 7.32. The fourth-order valence-corrected chi connectivity index (χ4v) is 3.03. The van der Waals surface area contributed by atoms with E-state index in [1.54, 1.807) is 30.7 Å². The van der Waals surface area contributed by atoms with Crippen molar-refractivity contribution >= 4 is 12.1 Å². The Bertz CT molecular complexity index is 1080. The summed E-state index contributed by atoms with van der Waals surface area (Å²) < 4.78 is 17.5. The van der Waals surface area contributed by atoms with Crippen LogP contribution in [0, 0.1) is 13.8 Å². The summed E-state index contributed by atoms with van der Waals surface area (Å²) in [7, 11) is 0. The number of pyridine rings is 1. The number of ether oxygens (including phenoxy) is 3. The topological polar surface area (TPSA) is 82.0 Å². The van der Waals surface area contributed by atoms with Gasteiger partial charge in [-0.2, -0.15) is 5.10 Å². The Labute approximate surface area is 194 Å². The number of hydrogen-bond acceptors (Lipinski definition) is 6. The van der Waals surface area contributed by atoms with Crippen LogP contribution in [-0.4, -0.2) is 36.9 Å². The first-order valence-electron chi connectivity index (χ1n) is 10.9. The second-order valence-corrected chi connectivity index (χ2v) is 7.32. The largest absolute Gasteiger partial charge is 0.493 e. The smallest absolute Gasteiger partial charge is 0.271 e. The van der Waals surface area contributed by atoms with Crippen molar-refractivity contribution in [3.8, 4) is 17.2 Å². The van der Waals surface area contributed by atoms with E-state index in [2.05, 4.69) is 35.4 Å². The Balaban J connectivity index is 1.51. The number of nitrogens with zero attached hydrogens (tertiary/aromatic N) is 2. The van der Waals surface area contributed by atoms with Gasteiger partial charge >= 0.3 is 0 Å². The monoisotopic (exact) mass is 447 g/mol. The zero-order chi connectivity index (χ0) is 23.5. The van der Waals surface area contributed by atoms with Crippen molar-refractivity contribution in [3.63, 3.8) is 0 Å². The molecule has 7 heteroatoms. The van der Waals surface area contributed by atoms with Crippen molar-refractivity contribution in [2.45, 2.75) is 27.2 Å². The zero-order valence-corrected chi connectivity index (χ0v) is 19.2. The molecule has 0 aliphatic rings. The molecule has 0 spiro atoms. The van der Waals surface area contributed by atoms with E-state index >= 15 is 0 Å². The number of hydrazone groups is 1. The number of nitrogens with one attached hydrogen (secondary N) is 1. The maximum atomic E-state index is 12.0. The van der Waals surface area contributed by atoms with Crippen molar-refractivity contribution in [2.24, 2.45) is 5.10 Å². The van der Waals surface area contributed by atoms with Crippen LogP contribution in [0.1, 0.15) is 40.4 Å². The van der Waals surface area contributed by atoms with Crippen LogP contribution in [-0.2, 0) is 0 Å². The van der Waals surface area contributed by atoms with Crippen LogP contribution in [0.2, 0.25) is 0 Å². The van der Waals surface area contributed by atoms with Gasteiger partial charge in [0.2, 0.25) is 0 Å². The molecule has 1 N–H and O–H groups in total. The molecule has 1 aromatic heterocycles. The molecule has 33 heavy (non-hydrogen) atoms. The lowest BCUT2D eigenvalue weighted by atomic mass is 10.1. The summed E-state index contributed by atoms with van der Waals surface area (Å²) in [5, 5.41) is 4.02. The van der Waals surface area contributed by atoms with Gasteiger partial charge in [-0.15, -0.1) is 0 Å². The molecule has 0 aliphatic carbocycles. The van der Waals surface area contributed by atoms with Crippen LogP contribution >= 0.6 is 0 Å². The third-order valence-corrected chi connectivity index (χ3v) is 4.95. The quantitative estimate of drug-likeness (QED) is 0.262. The standard InChI is InChI=1S/C26H29N3O4/c1-4-31-25-17-21(18-28-29-26(30)22-11-13-27-14-12-22)9-10-24(25)33-16-6-15-32-23-8-5-7-19(2)20(23)3/h5,7-14,17-18H,4,6,15-16H2,1-3H3,(H,29,30)/b28-18+. The Kier molecular flexibility index (Phi) is 8.82. The molecule has 172 valence electrons. The number of aromatic nitrogens is 1. The molecule has 3 rings (SSSR count). The Morgan fingerprint density at radius 1 is 0.970 bits per heavy atom. The van der Waals surface area contributed by atoms with Gasteiger partial charge in [-0.1, -0.05) is 12.1 Å². The van der Waals surface area contributed by atoms with Crippen LogP contribution in [0.25, 0.3) is 0 Å². The van der Waals surface area contributed by atoms with Crippen LogP contribution in [0.4, 0.5) is 0 Å². The number of carbonyl (C=O) groups excluding carboxylic acids is 1. The lowest BCUT2D eigenvalue weighted by molar-refractivity contribution is 0.0955. The molecule has 0 fully saturated rings. The van der Waals surface area contributed by atoms with Gasteiger partial charge < -0.3 is 14.2 Å². The molecular formula is C26H29N3O4. The van der Waals surface area contributed by atoms with Crippen molar-refractivity contribution in [2.75, 3.05) is 19.8 Å². The van der Waals surface area contributed by atoms with Crippen LogP contribution in [0.3, 0.4) is 0 Å². The van der Waals surface area contributed by atoms with Gasteiger partial charge in [0, 0.05) is 24.4 Å². The molecule has 7 nitrogen and oxygen atoms in total. The summed E-state index contributed by atoms with van der Waals surface area (Å²) in [5.74, 6) is 1.88. The zero-order valence-electron chi connectivity index (χ0n) is 19.2. The van der Waals surface area contributed by atoms with E-state index < -0.39 is 0 Å². The molecule has 2 aromatic carbocycles. The maximum absolute atomic E-state index is 12.0. The average Bonchev–Trinajstić information content (AvgIpc) is 2.83. The summed E-state index contributed by atoms with van der Waals surface area (Å²) in [4.78, 5) is 15.9. The summed E-state index contributed by atoms with van der Waals surface area (Å²) in [6, 6.07) is 14.8. The number of rotatable bonds is 11. The van der Waals surface area contributed by atoms with Gasteiger partial charge in [0.15, 0.2) is 11.5 Å². The fraction of sp³-hybridized carbons (Fsp3) is 0.269. The first kappa shape index (κ1) is 23.8. The molecule has 0 aliphatic heterocycles. The van der Waals surface area contributed by atoms with Gasteiger partial charge in [0.05, 0.1) is 26.0 Å². The summed E-state index contributed by atoms with van der Waals surface area (Å²) in [5.41, 5.74) is 6.14. The normalized spacial score (nSPS) is 10.8. The first-order valence-corrected chi connectivity index (χ1v) is 10.9. The number of benzene rings is 2. The van der Waals surface area contributed by atoms with E-state index in [1.165, 1.54) is 5.56 Å². The minimum Gasteiger partial charge on any atom is -0.493 e. The summed E-state index contributed by atoms with van der Waals surface area (Å²) in [6.45, 7) is 7.62. The van der Waals surface area contributed by atoms with E-state index in [4.69, 9.17) is 14.2 Å². The van der Waals surface area contributed by atoms with Crippen LogP contribution in [0.5, 0.6) is 17.2 Å². The predicted octanol–water partition coefficient (Wildman–Crippen LogP) is 4.71. The highest BCUT2D eigenvalue weighted by atomic mass is 16.5. The highest BCUT2D eigenvalue weighted by Crippen LogP contribution is 2.28. The molecule has 0 bridgehead atoms. The Hall–Kier alpha value is -3.87. The molecule has 0 saturated heterocycles. The number of aryl methyl sites for hydroxylation is 1. The minimum atomic E-state index is -0.304. The molecular weight excluding hydrogens is 418 g/mol. The molecule has 3 aromatic rings. The summed E-state index contributed by atoms with van der Waals surface area (Å²) >= 11 is 0. The molecule has 1 amide bonds. The molecule has 1 heterocycles. The van der Waals surface area contributed by atoms with Crippen LogP contribution in [0.15, 0.2) is 66.0 Å². The van der Waals surface area contributed by atoms with Gasteiger partial charge in [-0.05, 0) is 73.9 Å². The molecule has 0 radical (unpaired) electrons. The minimum absolute atomic E-state index is 0.304. The third kappa shape index (κ3) is 7.07. The van der Waals surface area contributed by atoms with Gasteiger partial charge in [0.25, 0.3) is 5.91 Å². The van der Waals surface area contributed by atoms with E-state index in [0.717, 1.165) is 23.3 Å². The predicted molar refractivity (Wildman–Crippen MR) is 128 cm³/mol. The number of hydrogen-bond donors (Lipinski definition) is 1. The fourth-order valence-electron chi connectivity index (χ4n) is 3.03. The maximum Gasteiger partial charge on any atom is 0.271 e. The first-order chi connectivity index (χ1) is 16.1. The molecule has 0 atom stereocenters. The van der Waals surface area contributed by atoms with Crippen molar-refractivity contribution in [1.29, 1.82) is 0 Å². The SMILES string of the molecule is CCOc1cc(/C=N/NC(=O)c2ccncc2)ccc1OCCCOc1cccc(C)c1C. The van der Waals surface area contributed by atoms with E-state index in [0.29, 0.717) is 36.9 Å². The van der Waals surface area contributed by atoms with Crippen molar-refractivity contribution in [3.05, 3.63) is 83.2 Å². The summed E-state index contributed by atoms with van der Waals surface area (Å²) in [6.07, 6.45) is 5.41. The van der Waals surface area contributed by atoms with Gasteiger partial charge in [-0.25, -0.2) is 5.43 Å². The highest BCUT2D eigenvalue weighted by molar-refractivity contribution is 5.94. The van der Waals surface area contributed by atoms with E-state index in [-0.39, 0.29) is 5.91 Å². The van der Waals surface area contributed by atoms with Crippen molar-refractivity contribution < 1.29 is 19.0 Å². The lowest BCUT2D eigenvalue weighted by Gasteiger charge is -2.14. The van der Waals surface area contributed by atoms with Gasteiger partial charge in [-0.3, -0.25) is 9.78 Å². The van der Waals surface area contributed by atoms with E-state index in [9.17, 15) is 4.79 Å². The number of carbonyl (C=O) groups is 1. The average molecular weight is 448 g/mol. The van der Waals surface area contributed by atoms with Gasteiger partial charge in [0.1, 0.15) is 5.75 Å². The second kappa shape index (κ2) is 12.2.